The standard InChI is InChI=1S/C13H16ClI2NO2.C13H17I2NO3/c1-3-17(4-2)5-6-19-12-10(15)7-9(13(14)18)8-11(12)16;1-3-16(4-2)5-6-19-12-10(14)7-9(13(17)18)8-11(12)15/h7-8H,3-6H2,1-2H3;7-8H,3-6H2,1-2H3,(H,17,18). The van der Waals surface area contributed by atoms with Crippen LogP contribution >= 0.6 is 102 Å². The molecule has 0 amide bonds. The van der Waals surface area contributed by atoms with Gasteiger partial charge in [-0.15, -0.1) is 0 Å². The van der Waals surface area contributed by atoms with E-state index in [4.69, 9.17) is 26.2 Å². The summed E-state index contributed by atoms with van der Waals surface area (Å²) < 4.78 is 15.1. The molecule has 1 N–H and O–H groups in total. The van der Waals surface area contributed by atoms with E-state index in [1.54, 1.807) is 24.3 Å². The van der Waals surface area contributed by atoms with E-state index in [0.717, 1.165) is 65.0 Å². The van der Waals surface area contributed by atoms with Crippen molar-refractivity contribution in [3.8, 4) is 11.5 Å². The zero-order valence-electron chi connectivity index (χ0n) is 21.8. The van der Waals surface area contributed by atoms with Crippen molar-refractivity contribution in [1.29, 1.82) is 0 Å². The van der Waals surface area contributed by atoms with E-state index in [1.165, 1.54) is 0 Å². The fraction of sp³-hybridized carbons (Fsp3) is 0.462. The van der Waals surface area contributed by atoms with Crippen molar-refractivity contribution < 1.29 is 24.2 Å². The number of carbonyl (C=O) groups is 2. The molecule has 12 heteroatoms. The van der Waals surface area contributed by atoms with Crippen molar-refractivity contribution in [3.05, 3.63) is 49.7 Å². The number of ether oxygens (including phenoxy) is 2. The van der Waals surface area contributed by atoms with E-state index in [-0.39, 0.29) is 0 Å². The quantitative estimate of drug-likeness (QED) is 0.157. The summed E-state index contributed by atoms with van der Waals surface area (Å²) in [6.07, 6.45) is 0. The maximum Gasteiger partial charge on any atom is 0.335 e. The minimum Gasteiger partial charge on any atom is -0.490 e. The number of aromatic carboxylic acids is 1. The lowest BCUT2D eigenvalue weighted by Gasteiger charge is -2.19. The smallest absolute Gasteiger partial charge is 0.335 e. The molecule has 0 spiro atoms. The van der Waals surface area contributed by atoms with Crippen LogP contribution < -0.4 is 9.47 Å². The van der Waals surface area contributed by atoms with Crippen molar-refractivity contribution in [2.45, 2.75) is 27.7 Å². The van der Waals surface area contributed by atoms with Gasteiger partial charge in [0.1, 0.15) is 24.7 Å². The first-order valence-corrected chi connectivity index (χ1v) is 16.8. The zero-order valence-corrected chi connectivity index (χ0v) is 31.2. The van der Waals surface area contributed by atoms with Crippen LogP contribution in [0.3, 0.4) is 0 Å². The number of hydrogen-bond acceptors (Lipinski definition) is 6. The lowest BCUT2D eigenvalue weighted by Crippen LogP contribution is -2.28. The molecule has 0 aliphatic rings. The second-order valence-corrected chi connectivity index (χ2v) is 12.9. The van der Waals surface area contributed by atoms with Gasteiger partial charge >= 0.3 is 5.97 Å². The largest absolute Gasteiger partial charge is 0.490 e. The summed E-state index contributed by atoms with van der Waals surface area (Å²) in [5, 5.41) is 8.54. The third-order valence-corrected chi connectivity index (χ3v) is 8.99. The van der Waals surface area contributed by atoms with Gasteiger partial charge in [0, 0.05) is 18.7 Å². The van der Waals surface area contributed by atoms with Crippen molar-refractivity contribution in [1.82, 2.24) is 9.80 Å². The van der Waals surface area contributed by atoms with Crippen LogP contribution in [-0.2, 0) is 0 Å². The predicted octanol–water partition coefficient (Wildman–Crippen LogP) is 7.31. The first kappa shape index (κ1) is 36.3. The molecule has 212 valence electrons. The molecular weight excluding hydrogens is 963 g/mol. The Kier molecular flexibility index (Phi) is 18.6. The van der Waals surface area contributed by atoms with Crippen LogP contribution in [0, 0.1) is 14.3 Å². The summed E-state index contributed by atoms with van der Waals surface area (Å²) in [5.74, 6) is 0.693. The van der Waals surface area contributed by atoms with Gasteiger partial charge in [-0.25, -0.2) is 4.79 Å². The van der Waals surface area contributed by atoms with E-state index >= 15 is 0 Å². The highest BCUT2D eigenvalue weighted by Gasteiger charge is 2.14. The van der Waals surface area contributed by atoms with Crippen LogP contribution in [0.25, 0.3) is 0 Å². The zero-order chi connectivity index (χ0) is 28.8. The Bertz CT molecular complexity index is 936. The van der Waals surface area contributed by atoms with Crippen LogP contribution in [0.5, 0.6) is 11.5 Å². The molecule has 0 heterocycles. The lowest BCUT2D eigenvalue weighted by molar-refractivity contribution is 0.0696. The molecule has 0 aliphatic heterocycles. The average molecular weight is 997 g/mol. The number of carbonyl (C=O) groups excluding carboxylic acids is 1. The molecule has 0 bridgehead atoms. The Hall–Kier alpha value is 0.310. The number of benzene rings is 2. The third kappa shape index (κ3) is 12.4. The highest BCUT2D eigenvalue weighted by Crippen LogP contribution is 2.30. The maximum atomic E-state index is 11.2. The van der Waals surface area contributed by atoms with Gasteiger partial charge in [0.2, 0.25) is 0 Å². The first-order chi connectivity index (χ1) is 18.0. The number of carboxylic acid groups (broad SMARTS) is 1. The fourth-order valence-corrected chi connectivity index (χ4v) is 7.53. The molecule has 2 rings (SSSR count). The molecule has 0 saturated heterocycles. The van der Waals surface area contributed by atoms with Crippen molar-refractivity contribution in [2.75, 3.05) is 52.5 Å². The summed E-state index contributed by atoms with van der Waals surface area (Å²) >= 11 is 14.1. The summed E-state index contributed by atoms with van der Waals surface area (Å²) in [6.45, 7) is 15.6. The molecule has 38 heavy (non-hydrogen) atoms. The van der Waals surface area contributed by atoms with Crippen LogP contribution in [0.4, 0.5) is 0 Å². The first-order valence-electron chi connectivity index (χ1n) is 12.1. The van der Waals surface area contributed by atoms with Gasteiger partial charge < -0.3 is 24.4 Å². The monoisotopic (exact) mass is 996 g/mol. The van der Waals surface area contributed by atoms with Crippen molar-refractivity contribution in [2.24, 2.45) is 0 Å². The normalized spacial score (nSPS) is 10.8. The Balaban J connectivity index is 0.000000380. The molecular formula is C26H33ClI4N2O5. The summed E-state index contributed by atoms with van der Waals surface area (Å²) in [6, 6.07) is 6.78. The highest BCUT2D eigenvalue weighted by molar-refractivity contribution is 14.1. The highest BCUT2D eigenvalue weighted by atomic mass is 127. The average Bonchev–Trinajstić information content (AvgIpc) is 2.87. The van der Waals surface area contributed by atoms with E-state index in [2.05, 4.69) is 128 Å². The minimum absolute atomic E-state index is 0.296. The molecule has 2 aromatic carbocycles. The van der Waals surface area contributed by atoms with E-state index in [9.17, 15) is 9.59 Å². The Morgan fingerprint density at radius 2 is 1.03 bits per heavy atom. The SMILES string of the molecule is CCN(CC)CCOc1c(I)cc(C(=O)Cl)cc1I.CCN(CC)CCOc1c(I)cc(C(=O)O)cc1I. The number of carboxylic acids is 1. The molecule has 0 aliphatic carbocycles. The van der Waals surface area contributed by atoms with Crippen LogP contribution in [0.2, 0.25) is 0 Å². The minimum atomic E-state index is -0.912. The molecule has 0 radical (unpaired) electrons. The Labute approximate surface area is 285 Å². The molecule has 0 aromatic heterocycles. The van der Waals surface area contributed by atoms with Gasteiger partial charge in [0.25, 0.3) is 5.24 Å². The molecule has 0 atom stereocenters. The molecule has 0 unspecified atom stereocenters. The molecule has 2 aromatic rings. The summed E-state index contributed by atoms with van der Waals surface area (Å²) in [5.41, 5.74) is 0.802. The predicted molar refractivity (Wildman–Crippen MR) is 187 cm³/mol. The topological polar surface area (TPSA) is 79.3 Å². The second kappa shape index (κ2) is 19.4. The van der Waals surface area contributed by atoms with E-state index < -0.39 is 11.2 Å². The third-order valence-electron chi connectivity index (χ3n) is 5.57. The van der Waals surface area contributed by atoms with Gasteiger partial charge in [0.15, 0.2) is 0 Å². The van der Waals surface area contributed by atoms with Crippen LogP contribution in [0.15, 0.2) is 24.3 Å². The summed E-state index contributed by atoms with van der Waals surface area (Å²) in [4.78, 5) is 26.7. The maximum absolute atomic E-state index is 11.2. The van der Waals surface area contributed by atoms with Crippen molar-refractivity contribution >= 4 is 113 Å². The molecule has 7 nitrogen and oxygen atoms in total. The van der Waals surface area contributed by atoms with Crippen molar-refractivity contribution in [3.63, 3.8) is 0 Å². The van der Waals surface area contributed by atoms with Gasteiger partial charge in [-0.05, 0) is 152 Å². The fourth-order valence-electron chi connectivity index (χ4n) is 3.27. The van der Waals surface area contributed by atoms with Gasteiger partial charge in [-0.3, -0.25) is 4.79 Å². The van der Waals surface area contributed by atoms with Gasteiger partial charge in [-0.1, -0.05) is 27.7 Å². The summed E-state index contributed by atoms with van der Waals surface area (Å²) in [7, 11) is 0. The number of likely N-dealkylation sites (N-methyl/N-ethyl adjacent to an activating group) is 2. The van der Waals surface area contributed by atoms with Gasteiger partial charge in [-0.2, -0.15) is 0 Å². The van der Waals surface area contributed by atoms with E-state index in [0.29, 0.717) is 24.3 Å². The number of halogens is 5. The number of nitrogens with zero attached hydrogens (tertiary/aromatic N) is 2. The lowest BCUT2D eigenvalue weighted by atomic mass is 10.2. The van der Waals surface area contributed by atoms with Crippen LogP contribution in [0.1, 0.15) is 48.4 Å². The van der Waals surface area contributed by atoms with Gasteiger partial charge in [0.05, 0.1) is 19.8 Å². The van der Waals surface area contributed by atoms with Crippen LogP contribution in [-0.4, -0.2) is 78.6 Å². The number of hydrogen-bond donors (Lipinski definition) is 1. The molecule has 0 fully saturated rings. The second-order valence-electron chi connectivity index (χ2n) is 7.87. The van der Waals surface area contributed by atoms with E-state index in [1.807, 2.05) is 0 Å². The Morgan fingerprint density at radius 1 is 0.711 bits per heavy atom. The molecule has 0 saturated carbocycles. The Morgan fingerprint density at radius 3 is 1.29 bits per heavy atom. The number of rotatable bonds is 14.